The van der Waals surface area contributed by atoms with Crippen LogP contribution in [0.1, 0.15) is 24.7 Å². The van der Waals surface area contributed by atoms with Crippen LogP contribution in [0.3, 0.4) is 0 Å². The summed E-state index contributed by atoms with van der Waals surface area (Å²) >= 11 is 0. The van der Waals surface area contributed by atoms with Gasteiger partial charge >= 0.3 is 11.9 Å². The Morgan fingerprint density at radius 1 is 1.19 bits per heavy atom. The summed E-state index contributed by atoms with van der Waals surface area (Å²) in [5, 5.41) is 2.93. The molecule has 0 aliphatic carbocycles. The molecule has 8 heteroatoms. The quantitative estimate of drug-likeness (QED) is 0.516. The van der Waals surface area contributed by atoms with Gasteiger partial charge in [0, 0.05) is 12.2 Å². The first-order valence-corrected chi connectivity index (χ1v) is 9.88. The van der Waals surface area contributed by atoms with Crippen LogP contribution in [-0.4, -0.2) is 35.1 Å². The van der Waals surface area contributed by atoms with Crippen molar-refractivity contribution in [2.24, 2.45) is 0 Å². The zero-order valence-electron chi connectivity index (χ0n) is 17.2. The third kappa shape index (κ3) is 4.05. The predicted molar refractivity (Wildman–Crippen MR) is 117 cm³/mol. The van der Waals surface area contributed by atoms with Crippen molar-refractivity contribution in [3.63, 3.8) is 0 Å². The smallest absolute Gasteiger partial charge is 0.397 e. The number of allylic oxidation sites excluding steroid dienone is 1. The number of carbonyl (C=O) groups is 2. The van der Waals surface area contributed by atoms with Gasteiger partial charge in [0.2, 0.25) is 0 Å². The molecular weight excluding hydrogens is 398 g/mol. The Morgan fingerprint density at radius 2 is 1.97 bits per heavy atom. The molecule has 0 saturated heterocycles. The summed E-state index contributed by atoms with van der Waals surface area (Å²) in [5.41, 5.74) is 2.60. The lowest BCUT2D eigenvalue weighted by atomic mass is 10.1. The van der Waals surface area contributed by atoms with Crippen LogP contribution in [0.25, 0.3) is 22.6 Å². The highest BCUT2D eigenvalue weighted by Crippen LogP contribution is 2.28. The van der Waals surface area contributed by atoms with E-state index in [1.54, 1.807) is 36.8 Å². The molecule has 0 spiro atoms. The van der Waals surface area contributed by atoms with Crippen molar-refractivity contribution in [1.29, 1.82) is 0 Å². The summed E-state index contributed by atoms with van der Waals surface area (Å²) in [7, 11) is 1.62. The zero-order valence-corrected chi connectivity index (χ0v) is 17.2. The molecule has 1 amide bonds. The van der Waals surface area contributed by atoms with Crippen LogP contribution in [0.2, 0.25) is 0 Å². The van der Waals surface area contributed by atoms with Gasteiger partial charge in [0.15, 0.2) is 0 Å². The van der Waals surface area contributed by atoms with E-state index in [9.17, 15) is 14.4 Å². The van der Waals surface area contributed by atoms with Crippen molar-refractivity contribution in [2.75, 3.05) is 19.0 Å². The number of anilines is 1. The molecule has 2 heterocycles. The molecule has 4 rings (SSSR count). The number of ether oxygens (including phenoxy) is 2. The monoisotopic (exact) mass is 419 g/mol. The molecule has 0 saturated carbocycles. The second-order valence-corrected chi connectivity index (χ2v) is 6.99. The van der Waals surface area contributed by atoms with Crippen molar-refractivity contribution in [1.82, 2.24) is 9.55 Å². The van der Waals surface area contributed by atoms with E-state index in [0.29, 0.717) is 35.4 Å². The zero-order chi connectivity index (χ0) is 22.0. The molecule has 8 nitrogen and oxygen atoms in total. The van der Waals surface area contributed by atoms with Crippen LogP contribution in [-0.2, 0) is 20.9 Å². The lowest BCUT2D eigenvalue weighted by molar-refractivity contribution is -0.152. The number of rotatable bonds is 4. The summed E-state index contributed by atoms with van der Waals surface area (Å²) in [6.45, 7) is 2.29. The number of benzene rings is 2. The Labute approximate surface area is 178 Å². The third-order valence-electron chi connectivity index (χ3n) is 5.02. The van der Waals surface area contributed by atoms with Gasteiger partial charge in [0.05, 0.1) is 24.6 Å². The third-order valence-corrected chi connectivity index (χ3v) is 5.02. The van der Waals surface area contributed by atoms with E-state index in [1.165, 1.54) is 0 Å². The molecule has 1 aliphatic rings. The number of hydrogen-bond donors (Lipinski definition) is 1. The molecule has 1 aliphatic heterocycles. The fraction of sp³-hybridized carbons (Fsp3) is 0.217. The Kier molecular flexibility index (Phi) is 5.53. The van der Waals surface area contributed by atoms with Crippen molar-refractivity contribution in [2.45, 2.75) is 19.9 Å². The van der Waals surface area contributed by atoms with Crippen LogP contribution in [0.4, 0.5) is 5.69 Å². The molecule has 2 aromatic carbocycles. The fourth-order valence-electron chi connectivity index (χ4n) is 3.51. The van der Waals surface area contributed by atoms with Gasteiger partial charge in [-0.15, -0.1) is 0 Å². The van der Waals surface area contributed by atoms with Crippen molar-refractivity contribution < 1.29 is 19.1 Å². The SMILES string of the molecule is CCOC(=O)C(=O)Nc1ccc2c(=O)n3c(nc2c1)C(=Cc1ccc(OC)cc1)CC3. The molecular formula is C23H21N3O5. The molecule has 1 aromatic heterocycles. The summed E-state index contributed by atoms with van der Waals surface area (Å²) in [6, 6.07) is 12.4. The molecule has 0 bridgehead atoms. The number of carbonyl (C=O) groups excluding carboxylic acids is 2. The van der Waals surface area contributed by atoms with E-state index in [0.717, 1.165) is 16.9 Å². The van der Waals surface area contributed by atoms with E-state index in [-0.39, 0.29) is 12.2 Å². The van der Waals surface area contributed by atoms with E-state index in [4.69, 9.17) is 9.47 Å². The van der Waals surface area contributed by atoms with Crippen molar-refractivity contribution >= 4 is 40.1 Å². The summed E-state index contributed by atoms with van der Waals surface area (Å²) < 4.78 is 11.5. The molecule has 0 fully saturated rings. The van der Waals surface area contributed by atoms with Crippen molar-refractivity contribution in [3.8, 4) is 5.75 Å². The van der Waals surface area contributed by atoms with E-state index in [2.05, 4.69) is 10.3 Å². The van der Waals surface area contributed by atoms with Gasteiger partial charge in [-0.1, -0.05) is 12.1 Å². The van der Waals surface area contributed by atoms with Gasteiger partial charge < -0.3 is 14.8 Å². The van der Waals surface area contributed by atoms with Crippen LogP contribution < -0.4 is 15.6 Å². The molecule has 0 unspecified atom stereocenters. The molecule has 0 radical (unpaired) electrons. The van der Waals surface area contributed by atoms with Crippen LogP contribution in [0.5, 0.6) is 5.75 Å². The Bertz CT molecular complexity index is 1260. The maximum absolute atomic E-state index is 12.9. The van der Waals surface area contributed by atoms with E-state index in [1.807, 2.05) is 30.3 Å². The standard InChI is InChI=1S/C23H21N3O5/c1-3-31-23(29)21(27)24-16-6-9-18-19(13-16)25-20-15(10-11-26(20)22(18)28)12-14-4-7-17(30-2)8-5-14/h4-9,12-13H,3,10-11H2,1-2H3,(H,24,27). The number of nitrogens with zero attached hydrogens (tertiary/aromatic N) is 2. The number of hydrogen-bond acceptors (Lipinski definition) is 6. The number of aromatic nitrogens is 2. The van der Waals surface area contributed by atoms with Crippen LogP contribution in [0.15, 0.2) is 47.3 Å². The Hall–Kier alpha value is -3.94. The number of esters is 1. The fourth-order valence-corrected chi connectivity index (χ4v) is 3.51. The van der Waals surface area contributed by atoms with Gasteiger partial charge in [-0.25, -0.2) is 9.78 Å². The average Bonchev–Trinajstić information content (AvgIpc) is 3.17. The van der Waals surface area contributed by atoms with Gasteiger partial charge in [0.1, 0.15) is 11.6 Å². The number of methoxy groups -OCH3 is 1. The number of nitrogens with one attached hydrogen (secondary N) is 1. The Balaban J connectivity index is 1.69. The average molecular weight is 419 g/mol. The molecule has 158 valence electrons. The van der Waals surface area contributed by atoms with Gasteiger partial charge in [-0.05, 0) is 60.9 Å². The minimum absolute atomic E-state index is 0.109. The molecule has 1 N–H and O–H groups in total. The lowest BCUT2D eigenvalue weighted by Crippen LogP contribution is -2.25. The van der Waals surface area contributed by atoms with Crippen LogP contribution >= 0.6 is 0 Å². The second kappa shape index (κ2) is 8.43. The maximum atomic E-state index is 12.9. The minimum Gasteiger partial charge on any atom is -0.497 e. The van der Waals surface area contributed by atoms with Gasteiger partial charge in [-0.2, -0.15) is 0 Å². The predicted octanol–water partition coefficient (Wildman–Crippen LogP) is 2.85. The second-order valence-electron chi connectivity index (χ2n) is 6.99. The van der Waals surface area contributed by atoms with E-state index >= 15 is 0 Å². The normalized spacial score (nSPS) is 13.8. The largest absolute Gasteiger partial charge is 0.497 e. The molecule has 0 atom stereocenters. The van der Waals surface area contributed by atoms with Crippen LogP contribution in [0, 0.1) is 0 Å². The highest BCUT2D eigenvalue weighted by molar-refractivity contribution is 6.37. The van der Waals surface area contributed by atoms with E-state index < -0.39 is 11.9 Å². The minimum atomic E-state index is -0.964. The lowest BCUT2D eigenvalue weighted by Gasteiger charge is -2.08. The maximum Gasteiger partial charge on any atom is 0.397 e. The summed E-state index contributed by atoms with van der Waals surface area (Å²) in [4.78, 5) is 41.1. The number of amides is 1. The molecule has 31 heavy (non-hydrogen) atoms. The van der Waals surface area contributed by atoms with Gasteiger partial charge in [0.25, 0.3) is 5.56 Å². The first-order chi connectivity index (χ1) is 15.0. The first-order valence-electron chi connectivity index (χ1n) is 9.88. The summed E-state index contributed by atoms with van der Waals surface area (Å²) in [6.07, 6.45) is 2.69. The highest BCUT2D eigenvalue weighted by Gasteiger charge is 2.21. The molecule has 3 aromatic rings. The number of fused-ring (bicyclic) bond motifs is 2. The Morgan fingerprint density at radius 3 is 2.68 bits per heavy atom. The summed E-state index contributed by atoms with van der Waals surface area (Å²) in [5.74, 6) is -0.470. The van der Waals surface area contributed by atoms with Crippen molar-refractivity contribution in [3.05, 3.63) is 64.2 Å². The first kappa shape index (κ1) is 20.3. The highest BCUT2D eigenvalue weighted by atomic mass is 16.5. The topological polar surface area (TPSA) is 99.5 Å². The van der Waals surface area contributed by atoms with Gasteiger partial charge in [-0.3, -0.25) is 14.2 Å².